The first kappa shape index (κ1) is 19.6. The fourth-order valence-corrected chi connectivity index (χ4v) is 4.17. The first-order valence-electron chi connectivity index (χ1n) is 10.8. The number of nitrogens with zero attached hydrogens (tertiary/aromatic N) is 5. The van der Waals surface area contributed by atoms with Crippen LogP contribution < -0.4 is 15.1 Å². The molecule has 1 atom stereocenters. The summed E-state index contributed by atoms with van der Waals surface area (Å²) < 4.78 is 0. The van der Waals surface area contributed by atoms with Gasteiger partial charge in [0.05, 0.1) is 5.92 Å². The molecular weight excluding hydrogens is 364 g/mol. The fraction of sp³-hybridized carbons (Fsp3) is 0.545. The van der Waals surface area contributed by atoms with Gasteiger partial charge in [0.25, 0.3) is 0 Å². The molecule has 1 amide bonds. The van der Waals surface area contributed by atoms with E-state index in [9.17, 15) is 4.79 Å². The molecule has 0 spiro atoms. The van der Waals surface area contributed by atoms with Crippen molar-refractivity contribution < 1.29 is 4.79 Å². The number of piperidine rings is 1. The molecule has 1 N–H and O–H groups in total. The maximum absolute atomic E-state index is 12.7. The van der Waals surface area contributed by atoms with E-state index >= 15 is 0 Å². The zero-order valence-electron chi connectivity index (χ0n) is 17.0. The monoisotopic (exact) mass is 394 g/mol. The van der Waals surface area contributed by atoms with E-state index in [0.717, 1.165) is 43.9 Å². The first-order valence-corrected chi connectivity index (χ1v) is 10.8. The van der Waals surface area contributed by atoms with Crippen molar-refractivity contribution >= 4 is 17.7 Å². The van der Waals surface area contributed by atoms with Crippen LogP contribution in [-0.4, -0.2) is 47.0 Å². The van der Waals surface area contributed by atoms with Crippen molar-refractivity contribution in [2.75, 3.05) is 36.0 Å². The van der Waals surface area contributed by atoms with Crippen molar-refractivity contribution in [3.05, 3.63) is 42.4 Å². The second-order valence-corrected chi connectivity index (χ2v) is 7.98. The van der Waals surface area contributed by atoms with Crippen LogP contribution in [-0.2, 0) is 11.3 Å². The van der Waals surface area contributed by atoms with E-state index in [2.05, 4.69) is 42.2 Å². The summed E-state index contributed by atoms with van der Waals surface area (Å²) in [5.41, 5.74) is 1.04. The van der Waals surface area contributed by atoms with Gasteiger partial charge in [-0.15, -0.1) is 0 Å². The highest BCUT2D eigenvalue weighted by atomic mass is 16.1. The van der Waals surface area contributed by atoms with Gasteiger partial charge in [0, 0.05) is 51.3 Å². The molecule has 7 nitrogen and oxygen atoms in total. The lowest BCUT2D eigenvalue weighted by Crippen LogP contribution is -2.43. The van der Waals surface area contributed by atoms with Crippen LogP contribution in [0.15, 0.2) is 36.8 Å². The maximum atomic E-state index is 12.7. The molecular formula is C22H30N6O. The predicted molar refractivity (Wildman–Crippen MR) is 114 cm³/mol. The van der Waals surface area contributed by atoms with Crippen LogP contribution in [0.2, 0.25) is 0 Å². The predicted octanol–water partition coefficient (Wildman–Crippen LogP) is 2.78. The minimum absolute atomic E-state index is 0.0307. The average molecular weight is 395 g/mol. The lowest BCUT2D eigenvalue weighted by molar-refractivity contribution is -0.125. The standard InChI is InChI=1S/C22H30N6O/c29-21(19-7-5-14-28(17-19)22-23-10-6-11-24-22)26-16-18-8-9-20(25-15-18)27-12-3-1-2-4-13-27/h6,8-11,15,19H,1-5,7,12-14,16-17H2,(H,26,29). The smallest absolute Gasteiger partial charge is 0.225 e. The Morgan fingerprint density at radius 2 is 1.72 bits per heavy atom. The minimum atomic E-state index is -0.0307. The summed E-state index contributed by atoms with van der Waals surface area (Å²) in [6.07, 6.45) is 12.4. The summed E-state index contributed by atoms with van der Waals surface area (Å²) in [6, 6.07) is 5.98. The van der Waals surface area contributed by atoms with E-state index in [-0.39, 0.29) is 11.8 Å². The van der Waals surface area contributed by atoms with Crippen LogP contribution >= 0.6 is 0 Å². The molecule has 4 rings (SSSR count). The molecule has 2 saturated heterocycles. The van der Waals surface area contributed by atoms with E-state index in [1.165, 1.54) is 25.7 Å². The summed E-state index contributed by atoms with van der Waals surface area (Å²) in [5, 5.41) is 3.09. The molecule has 2 aliphatic heterocycles. The fourth-order valence-electron chi connectivity index (χ4n) is 4.17. The molecule has 154 valence electrons. The normalized spacial score (nSPS) is 20.2. The highest BCUT2D eigenvalue weighted by molar-refractivity contribution is 5.79. The number of carbonyl (C=O) groups is 1. The Hall–Kier alpha value is -2.70. The number of pyridine rings is 1. The molecule has 2 fully saturated rings. The van der Waals surface area contributed by atoms with Gasteiger partial charge in [0.2, 0.25) is 11.9 Å². The summed E-state index contributed by atoms with van der Waals surface area (Å²) in [5.74, 6) is 1.82. The number of hydrogen-bond acceptors (Lipinski definition) is 6. The number of anilines is 2. The first-order chi connectivity index (χ1) is 14.3. The molecule has 0 bridgehead atoms. The molecule has 2 aromatic rings. The van der Waals surface area contributed by atoms with Gasteiger partial charge in [-0.3, -0.25) is 4.79 Å². The Bertz CT molecular complexity index is 774. The molecule has 2 aliphatic rings. The van der Waals surface area contributed by atoms with Crippen molar-refractivity contribution in [1.82, 2.24) is 20.3 Å². The van der Waals surface area contributed by atoms with Gasteiger partial charge in [-0.2, -0.15) is 0 Å². The van der Waals surface area contributed by atoms with Gasteiger partial charge < -0.3 is 15.1 Å². The largest absolute Gasteiger partial charge is 0.357 e. The van der Waals surface area contributed by atoms with Gasteiger partial charge in [0.1, 0.15) is 5.82 Å². The maximum Gasteiger partial charge on any atom is 0.225 e. The van der Waals surface area contributed by atoms with E-state index in [4.69, 9.17) is 0 Å². The zero-order valence-corrected chi connectivity index (χ0v) is 17.0. The Kier molecular flexibility index (Phi) is 6.54. The Balaban J connectivity index is 1.29. The van der Waals surface area contributed by atoms with Gasteiger partial charge in [-0.05, 0) is 43.4 Å². The van der Waals surface area contributed by atoms with Crippen molar-refractivity contribution in [2.24, 2.45) is 5.92 Å². The lowest BCUT2D eigenvalue weighted by Gasteiger charge is -2.31. The van der Waals surface area contributed by atoms with Crippen LogP contribution in [0.25, 0.3) is 0 Å². The third kappa shape index (κ3) is 5.22. The average Bonchev–Trinajstić information content (AvgIpc) is 3.08. The lowest BCUT2D eigenvalue weighted by atomic mass is 9.97. The van der Waals surface area contributed by atoms with Gasteiger partial charge in [0.15, 0.2) is 0 Å². The van der Waals surface area contributed by atoms with Gasteiger partial charge >= 0.3 is 0 Å². The highest BCUT2D eigenvalue weighted by Gasteiger charge is 2.26. The number of carbonyl (C=O) groups excluding carboxylic acids is 1. The second-order valence-electron chi connectivity index (χ2n) is 7.98. The van der Waals surface area contributed by atoms with Crippen LogP contribution in [0.1, 0.15) is 44.1 Å². The topological polar surface area (TPSA) is 74.2 Å². The quantitative estimate of drug-likeness (QED) is 0.841. The number of nitrogens with one attached hydrogen (secondary N) is 1. The van der Waals surface area contributed by atoms with E-state index in [0.29, 0.717) is 19.0 Å². The van der Waals surface area contributed by atoms with E-state index in [1.807, 2.05) is 12.3 Å². The Labute approximate surface area is 172 Å². The Morgan fingerprint density at radius 3 is 2.45 bits per heavy atom. The Morgan fingerprint density at radius 1 is 0.966 bits per heavy atom. The second kappa shape index (κ2) is 9.67. The van der Waals surface area contributed by atoms with Crippen molar-refractivity contribution in [1.29, 1.82) is 0 Å². The summed E-state index contributed by atoms with van der Waals surface area (Å²) in [4.78, 5) is 30.4. The zero-order chi connectivity index (χ0) is 19.9. The highest BCUT2D eigenvalue weighted by Crippen LogP contribution is 2.21. The molecule has 0 saturated carbocycles. The summed E-state index contributed by atoms with van der Waals surface area (Å²) in [7, 11) is 0. The SMILES string of the molecule is O=C(NCc1ccc(N2CCCCCC2)nc1)C1CCCN(c2ncccn2)C1. The van der Waals surface area contributed by atoms with Crippen molar-refractivity contribution in [3.8, 4) is 0 Å². The summed E-state index contributed by atoms with van der Waals surface area (Å²) >= 11 is 0. The van der Waals surface area contributed by atoms with Gasteiger partial charge in [-0.1, -0.05) is 18.9 Å². The van der Waals surface area contributed by atoms with Crippen LogP contribution in [0.5, 0.6) is 0 Å². The number of amides is 1. The molecule has 0 aromatic carbocycles. The molecule has 0 aliphatic carbocycles. The molecule has 4 heterocycles. The third-order valence-corrected chi connectivity index (χ3v) is 5.83. The van der Waals surface area contributed by atoms with Crippen molar-refractivity contribution in [3.63, 3.8) is 0 Å². The number of hydrogen-bond donors (Lipinski definition) is 1. The molecule has 1 unspecified atom stereocenters. The number of aromatic nitrogens is 3. The molecule has 29 heavy (non-hydrogen) atoms. The molecule has 2 aromatic heterocycles. The molecule has 7 heteroatoms. The van der Waals surface area contributed by atoms with Crippen LogP contribution in [0.3, 0.4) is 0 Å². The summed E-state index contributed by atoms with van der Waals surface area (Å²) in [6.45, 7) is 4.26. The van der Waals surface area contributed by atoms with E-state index in [1.54, 1.807) is 12.4 Å². The van der Waals surface area contributed by atoms with Gasteiger partial charge in [-0.25, -0.2) is 15.0 Å². The van der Waals surface area contributed by atoms with Crippen LogP contribution in [0, 0.1) is 5.92 Å². The number of rotatable bonds is 5. The van der Waals surface area contributed by atoms with Crippen LogP contribution in [0.4, 0.5) is 11.8 Å². The molecule has 0 radical (unpaired) electrons. The third-order valence-electron chi connectivity index (χ3n) is 5.83. The minimum Gasteiger partial charge on any atom is -0.357 e. The van der Waals surface area contributed by atoms with E-state index < -0.39 is 0 Å². The van der Waals surface area contributed by atoms with Crippen molar-refractivity contribution in [2.45, 2.75) is 45.1 Å².